The van der Waals surface area contributed by atoms with Gasteiger partial charge in [-0.2, -0.15) is 0 Å². The van der Waals surface area contributed by atoms with Crippen LogP contribution in [-0.4, -0.2) is 12.1 Å². The summed E-state index contributed by atoms with van der Waals surface area (Å²) in [6, 6.07) is 18.1. The number of hydrogen-bond donors (Lipinski definition) is 2. The smallest absolute Gasteiger partial charge is 0.319 e. The van der Waals surface area contributed by atoms with Gasteiger partial charge in [0.15, 0.2) is 0 Å². The Morgan fingerprint density at radius 1 is 1.05 bits per heavy atom. The van der Waals surface area contributed by atoms with Crippen molar-refractivity contribution in [3.05, 3.63) is 65.7 Å². The van der Waals surface area contributed by atoms with Gasteiger partial charge in [-0.05, 0) is 44.4 Å². The molecule has 3 heteroatoms. The largest absolute Gasteiger partial charge is 0.335 e. The van der Waals surface area contributed by atoms with Crippen LogP contribution in [-0.2, 0) is 6.42 Å². The first-order valence-corrected chi connectivity index (χ1v) is 7.31. The Hall–Kier alpha value is -2.29. The van der Waals surface area contributed by atoms with Gasteiger partial charge < -0.3 is 10.6 Å². The molecular formula is C18H22N2O. The summed E-state index contributed by atoms with van der Waals surface area (Å²) in [4.78, 5) is 11.9. The maximum Gasteiger partial charge on any atom is 0.319 e. The van der Waals surface area contributed by atoms with E-state index in [-0.39, 0.29) is 12.1 Å². The summed E-state index contributed by atoms with van der Waals surface area (Å²) < 4.78 is 0. The van der Waals surface area contributed by atoms with Crippen molar-refractivity contribution >= 4 is 11.7 Å². The molecule has 0 unspecified atom stereocenters. The number of urea groups is 1. The van der Waals surface area contributed by atoms with Crippen molar-refractivity contribution in [2.45, 2.75) is 32.7 Å². The van der Waals surface area contributed by atoms with Crippen LogP contribution in [0, 0.1) is 6.92 Å². The number of amides is 2. The molecule has 0 fully saturated rings. The first-order chi connectivity index (χ1) is 10.1. The van der Waals surface area contributed by atoms with E-state index in [2.05, 4.69) is 22.8 Å². The van der Waals surface area contributed by atoms with Crippen LogP contribution in [0.2, 0.25) is 0 Å². The lowest BCUT2D eigenvalue weighted by atomic mass is 10.1. The minimum atomic E-state index is -0.153. The number of rotatable bonds is 5. The van der Waals surface area contributed by atoms with Crippen LogP contribution in [0.5, 0.6) is 0 Å². The maximum absolute atomic E-state index is 11.9. The van der Waals surface area contributed by atoms with Crippen molar-refractivity contribution in [3.8, 4) is 0 Å². The third kappa shape index (κ3) is 5.30. The van der Waals surface area contributed by atoms with Gasteiger partial charge in [-0.25, -0.2) is 4.79 Å². The summed E-state index contributed by atoms with van der Waals surface area (Å²) in [5.41, 5.74) is 3.29. The van der Waals surface area contributed by atoms with Crippen LogP contribution in [0.4, 0.5) is 10.5 Å². The number of anilines is 1. The van der Waals surface area contributed by atoms with E-state index >= 15 is 0 Å². The fraction of sp³-hybridized carbons (Fsp3) is 0.278. The van der Waals surface area contributed by atoms with Gasteiger partial charge in [0.25, 0.3) is 0 Å². The third-order valence-corrected chi connectivity index (χ3v) is 3.40. The van der Waals surface area contributed by atoms with Gasteiger partial charge in [-0.1, -0.05) is 48.0 Å². The molecule has 1 atom stereocenters. The molecule has 0 bridgehead atoms. The minimum Gasteiger partial charge on any atom is -0.335 e. The van der Waals surface area contributed by atoms with Crippen molar-refractivity contribution in [3.63, 3.8) is 0 Å². The lowest BCUT2D eigenvalue weighted by Crippen LogP contribution is -2.36. The van der Waals surface area contributed by atoms with Gasteiger partial charge in [0, 0.05) is 11.7 Å². The van der Waals surface area contributed by atoms with Crippen LogP contribution < -0.4 is 10.6 Å². The van der Waals surface area contributed by atoms with E-state index in [9.17, 15) is 4.79 Å². The van der Waals surface area contributed by atoms with Crippen molar-refractivity contribution in [1.29, 1.82) is 0 Å². The fourth-order valence-corrected chi connectivity index (χ4v) is 2.13. The van der Waals surface area contributed by atoms with Crippen LogP contribution in [0.15, 0.2) is 54.6 Å². The fourth-order valence-electron chi connectivity index (χ4n) is 2.13. The van der Waals surface area contributed by atoms with Gasteiger partial charge >= 0.3 is 6.03 Å². The van der Waals surface area contributed by atoms with Crippen LogP contribution in [0.3, 0.4) is 0 Å². The van der Waals surface area contributed by atoms with E-state index in [1.807, 2.05) is 56.3 Å². The molecule has 0 spiro atoms. The Bertz CT molecular complexity index is 564. The molecular weight excluding hydrogens is 260 g/mol. The van der Waals surface area contributed by atoms with Gasteiger partial charge in [0.2, 0.25) is 0 Å². The van der Waals surface area contributed by atoms with Crippen molar-refractivity contribution in [2.24, 2.45) is 0 Å². The Morgan fingerprint density at radius 3 is 2.38 bits per heavy atom. The predicted octanol–water partition coefficient (Wildman–Crippen LogP) is 4.14. The summed E-state index contributed by atoms with van der Waals surface area (Å²) in [5.74, 6) is 0. The lowest BCUT2D eigenvalue weighted by molar-refractivity contribution is 0.248. The number of hydrogen-bond acceptors (Lipinski definition) is 1. The molecule has 0 heterocycles. The van der Waals surface area contributed by atoms with E-state index in [1.165, 1.54) is 11.1 Å². The van der Waals surface area contributed by atoms with E-state index in [4.69, 9.17) is 0 Å². The third-order valence-electron chi connectivity index (χ3n) is 3.40. The molecule has 2 rings (SSSR count). The number of aryl methyl sites for hydroxylation is 2. The molecule has 0 aliphatic rings. The predicted molar refractivity (Wildman–Crippen MR) is 87.6 cm³/mol. The molecule has 110 valence electrons. The van der Waals surface area contributed by atoms with Crippen molar-refractivity contribution < 1.29 is 4.79 Å². The summed E-state index contributed by atoms with van der Waals surface area (Å²) in [7, 11) is 0. The Morgan fingerprint density at radius 2 is 1.71 bits per heavy atom. The molecule has 21 heavy (non-hydrogen) atoms. The molecule has 2 aromatic carbocycles. The number of nitrogens with one attached hydrogen (secondary N) is 2. The molecule has 0 aliphatic heterocycles. The van der Waals surface area contributed by atoms with Crippen LogP contribution in [0.1, 0.15) is 24.5 Å². The maximum atomic E-state index is 11.9. The Kier molecular flexibility index (Phi) is 5.38. The highest BCUT2D eigenvalue weighted by Crippen LogP contribution is 2.09. The first-order valence-electron chi connectivity index (χ1n) is 7.31. The van der Waals surface area contributed by atoms with Crippen molar-refractivity contribution in [2.75, 3.05) is 5.32 Å². The molecule has 3 nitrogen and oxygen atoms in total. The van der Waals surface area contributed by atoms with E-state index in [0.29, 0.717) is 0 Å². The molecule has 0 saturated heterocycles. The average Bonchev–Trinajstić information content (AvgIpc) is 2.48. The molecule has 2 N–H and O–H groups in total. The highest BCUT2D eigenvalue weighted by Gasteiger charge is 2.07. The highest BCUT2D eigenvalue weighted by atomic mass is 16.2. The summed E-state index contributed by atoms with van der Waals surface area (Å²) in [5, 5.41) is 5.81. The highest BCUT2D eigenvalue weighted by molar-refractivity contribution is 5.89. The summed E-state index contributed by atoms with van der Waals surface area (Å²) in [6.45, 7) is 4.05. The number of carbonyl (C=O) groups is 1. The number of carbonyl (C=O) groups excluding carboxylic acids is 1. The molecule has 2 amide bonds. The monoisotopic (exact) mass is 282 g/mol. The van der Waals surface area contributed by atoms with E-state index in [1.54, 1.807) is 0 Å². The molecule has 2 aromatic rings. The minimum absolute atomic E-state index is 0.135. The second kappa shape index (κ2) is 7.48. The zero-order valence-electron chi connectivity index (χ0n) is 12.6. The molecule has 0 radical (unpaired) electrons. The van der Waals surface area contributed by atoms with Gasteiger partial charge in [-0.15, -0.1) is 0 Å². The molecule has 0 aromatic heterocycles. The van der Waals surface area contributed by atoms with Crippen molar-refractivity contribution in [1.82, 2.24) is 5.32 Å². The van der Waals surface area contributed by atoms with E-state index < -0.39 is 0 Å². The molecule has 0 saturated carbocycles. The molecule has 0 aliphatic carbocycles. The summed E-state index contributed by atoms with van der Waals surface area (Å²) >= 11 is 0. The second-order valence-electron chi connectivity index (χ2n) is 5.39. The van der Waals surface area contributed by atoms with Crippen LogP contribution >= 0.6 is 0 Å². The Balaban J connectivity index is 1.75. The lowest BCUT2D eigenvalue weighted by Gasteiger charge is -2.14. The number of benzene rings is 2. The zero-order chi connectivity index (χ0) is 15.1. The quantitative estimate of drug-likeness (QED) is 0.850. The van der Waals surface area contributed by atoms with Gasteiger partial charge in [0.1, 0.15) is 0 Å². The Labute approximate surface area is 126 Å². The second-order valence-corrected chi connectivity index (χ2v) is 5.39. The average molecular weight is 282 g/mol. The topological polar surface area (TPSA) is 41.1 Å². The zero-order valence-corrected chi connectivity index (χ0v) is 12.6. The summed E-state index contributed by atoms with van der Waals surface area (Å²) in [6.07, 6.45) is 1.89. The SMILES string of the molecule is Cc1ccc(NC(=O)N[C@H](C)CCc2ccccc2)cc1. The van der Waals surface area contributed by atoms with E-state index in [0.717, 1.165) is 18.5 Å². The van der Waals surface area contributed by atoms with Gasteiger partial charge in [0.05, 0.1) is 0 Å². The standard InChI is InChI=1S/C18H22N2O/c1-14-8-12-17(13-9-14)20-18(21)19-15(2)10-11-16-6-4-3-5-7-16/h3-9,12-13,15H,10-11H2,1-2H3,(H2,19,20,21)/t15-/m1/s1. The van der Waals surface area contributed by atoms with Gasteiger partial charge in [-0.3, -0.25) is 0 Å². The first kappa shape index (κ1) is 15.1. The van der Waals surface area contributed by atoms with Crippen LogP contribution in [0.25, 0.3) is 0 Å². The normalized spacial score (nSPS) is 11.7.